The second-order valence-electron chi connectivity index (χ2n) is 15.0. The van der Waals surface area contributed by atoms with E-state index in [1.807, 2.05) is 0 Å². The molecule has 0 aromatic carbocycles. The van der Waals surface area contributed by atoms with Crippen LogP contribution in [0.25, 0.3) is 0 Å². The first-order valence-electron chi connectivity index (χ1n) is 16.4. The van der Waals surface area contributed by atoms with Crippen molar-refractivity contribution in [3.05, 3.63) is 35.5 Å². The highest BCUT2D eigenvalue weighted by Crippen LogP contribution is 2.66. The van der Waals surface area contributed by atoms with E-state index in [1.54, 1.807) is 12.7 Å². The molecule has 1 heterocycles. The molecule has 7 heteroatoms. The van der Waals surface area contributed by atoms with Gasteiger partial charge >= 0.3 is 0 Å². The lowest BCUT2D eigenvalue weighted by Crippen LogP contribution is -2.61. The van der Waals surface area contributed by atoms with Crippen molar-refractivity contribution >= 4 is 0 Å². The quantitative estimate of drug-likeness (QED) is 0.298. The van der Waals surface area contributed by atoms with Gasteiger partial charge in [-0.15, -0.1) is 0 Å². The predicted octanol–water partition coefficient (Wildman–Crippen LogP) is 4.92. The Hall–Kier alpha value is -1.06. The van der Waals surface area contributed by atoms with Gasteiger partial charge in [-0.1, -0.05) is 65.8 Å². The Kier molecular flexibility index (Phi) is 9.27. The van der Waals surface area contributed by atoms with Crippen LogP contribution in [0, 0.1) is 40.4 Å². The third kappa shape index (κ3) is 5.19. The molecule has 0 bridgehead atoms. The molecule has 13 unspecified atom stereocenters. The molecule has 1 aliphatic heterocycles. The lowest BCUT2D eigenvalue weighted by molar-refractivity contribution is -0.319. The lowest BCUT2D eigenvalue weighted by Gasteiger charge is -2.59. The number of fused-ring (bicyclic) bond motifs is 5. The van der Waals surface area contributed by atoms with E-state index >= 15 is 0 Å². The number of aliphatic hydroxyl groups is 4. The monoisotopic (exact) mass is 588 g/mol. The van der Waals surface area contributed by atoms with Crippen molar-refractivity contribution in [2.24, 2.45) is 40.4 Å². The molecule has 42 heavy (non-hydrogen) atoms. The standard InChI is InChI=1S/C35H56O7/c1-20(2)21(3)8-9-22(4)25-10-11-26-24-13-17-35(40-7)18-23(12-16-34(35,6)27(24)14-15-33(25,26)5)41-32-31(39)30(38)29(37)28(19-36)42-32/h8-9,13-14,20-23,25-26,28-32,36-39H,10-12,15-19H2,1-7H3. The summed E-state index contributed by atoms with van der Waals surface area (Å²) in [4.78, 5) is 0. The van der Waals surface area contributed by atoms with Gasteiger partial charge in [-0.05, 0) is 84.7 Å². The van der Waals surface area contributed by atoms with E-state index in [-0.39, 0.29) is 16.9 Å². The Morgan fingerprint density at radius 2 is 1.71 bits per heavy atom. The summed E-state index contributed by atoms with van der Waals surface area (Å²) in [5, 5.41) is 40.6. The van der Waals surface area contributed by atoms with Crippen LogP contribution in [-0.4, -0.2) is 76.6 Å². The van der Waals surface area contributed by atoms with E-state index < -0.39 is 42.9 Å². The molecule has 238 valence electrons. The maximum atomic E-state index is 10.6. The Morgan fingerprint density at radius 3 is 2.38 bits per heavy atom. The summed E-state index contributed by atoms with van der Waals surface area (Å²) in [6.07, 6.45) is 10.0. The Bertz CT molecular complexity index is 1070. The third-order valence-electron chi connectivity index (χ3n) is 12.6. The van der Waals surface area contributed by atoms with Crippen molar-refractivity contribution in [2.75, 3.05) is 13.7 Å². The zero-order valence-corrected chi connectivity index (χ0v) is 26.8. The molecular formula is C35H56O7. The second-order valence-corrected chi connectivity index (χ2v) is 15.0. The molecule has 13 atom stereocenters. The van der Waals surface area contributed by atoms with E-state index in [4.69, 9.17) is 14.2 Å². The van der Waals surface area contributed by atoms with Crippen LogP contribution in [-0.2, 0) is 14.2 Å². The van der Waals surface area contributed by atoms with Gasteiger partial charge in [0.05, 0.1) is 18.3 Å². The normalized spacial score (nSPS) is 47.0. The van der Waals surface area contributed by atoms with Gasteiger partial charge in [0.15, 0.2) is 6.29 Å². The fourth-order valence-corrected chi connectivity index (χ4v) is 9.28. The van der Waals surface area contributed by atoms with Crippen LogP contribution in [0.1, 0.15) is 86.5 Å². The van der Waals surface area contributed by atoms with Gasteiger partial charge in [0, 0.05) is 18.9 Å². The molecule has 3 fully saturated rings. The number of allylic oxidation sites excluding steroid dienone is 4. The zero-order chi connectivity index (χ0) is 30.6. The van der Waals surface area contributed by atoms with Gasteiger partial charge in [-0.25, -0.2) is 0 Å². The van der Waals surface area contributed by atoms with E-state index in [9.17, 15) is 20.4 Å². The summed E-state index contributed by atoms with van der Waals surface area (Å²) in [5.74, 6) is 3.05. The van der Waals surface area contributed by atoms with Gasteiger partial charge in [0.2, 0.25) is 0 Å². The van der Waals surface area contributed by atoms with Crippen molar-refractivity contribution in [3.8, 4) is 0 Å². The number of hydrogen-bond acceptors (Lipinski definition) is 7. The molecule has 4 N–H and O–H groups in total. The van der Waals surface area contributed by atoms with Crippen LogP contribution in [0.2, 0.25) is 0 Å². The SMILES string of the molecule is COC12CC=C3C(=CCC4(C)C3CCC4C(C)C=CC(C)C(C)C)C1(C)CCC(OC1OC(CO)C(O)C(O)C1O)C2. The number of rotatable bonds is 8. The molecule has 7 nitrogen and oxygen atoms in total. The molecule has 2 saturated carbocycles. The summed E-state index contributed by atoms with van der Waals surface area (Å²) in [7, 11) is 1.80. The van der Waals surface area contributed by atoms with Crippen LogP contribution >= 0.6 is 0 Å². The average Bonchev–Trinajstić information content (AvgIpc) is 3.33. The van der Waals surface area contributed by atoms with Crippen molar-refractivity contribution in [1.82, 2.24) is 0 Å². The molecule has 1 saturated heterocycles. The predicted molar refractivity (Wildman–Crippen MR) is 162 cm³/mol. The summed E-state index contributed by atoms with van der Waals surface area (Å²) in [5.41, 5.74) is 2.66. The van der Waals surface area contributed by atoms with Crippen molar-refractivity contribution in [3.63, 3.8) is 0 Å². The fraction of sp³-hybridized carbons (Fsp3) is 0.829. The number of hydrogen-bond donors (Lipinski definition) is 4. The number of methoxy groups -OCH3 is 1. The zero-order valence-electron chi connectivity index (χ0n) is 26.8. The van der Waals surface area contributed by atoms with Gasteiger partial charge in [0.25, 0.3) is 0 Å². The largest absolute Gasteiger partial charge is 0.394 e. The minimum absolute atomic E-state index is 0.154. The van der Waals surface area contributed by atoms with E-state index in [0.29, 0.717) is 36.0 Å². The first-order valence-corrected chi connectivity index (χ1v) is 16.4. The Morgan fingerprint density at radius 1 is 0.976 bits per heavy atom. The topological polar surface area (TPSA) is 109 Å². The van der Waals surface area contributed by atoms with Gasteiger partial charge in [-0.2, -0.15) is 0 Å². The molecular weight excluding hydrogens is 532 g/mol. The van der Waals surface area contributed by atoms with Crippen LogP contribution < -0.4 is 0 Å². The summed E-state index contributed by atoms with van der Waals surface area (Å²) in [6, 6.07) is 0. The third-order valence-corrected chi connectivity index (χ3v) is 12.6. The van der Waals surface area contributed by atoms with Gasteiger partial charge in [-0.3, -0.25) is 0 Å². The molecule has 0 radical (unpaired) electrons. The van der Waals surface area contributed by atoms with Crippen LogP contribution in [0.15, 0.2) is 35.5 Å². The molecule has 0 spiro atoms. The Labute approximate surface area is 253 Å². The fourth-order valence-electron chi connectivity index (χ4n) is 9.28. The van der Waals surface area contributed by atoms with Crippen molar-refractivity contribution in [2.45, 2.75) is 129 Å². The maximum Gasteiger partial charge on any atom is 0.186 e. The number of ether oxygens (including phenoxy) is 3. The van der Waals surface area contributed by atoms with Crippen molar-refractivity contribution in [1.29, 1.82) is 0 Å². The molecule has 4 aliphatic carbocycles. The molecule has 0 aromatic rings. The second kappa shape index (κ2) is 12.0. The highest BCUT2D eigenvalue weighted by molar-refractivity contribution is 5.48. The number of aliphatic hydroxyl groups excluding tert-OH is 4. The molecule has 0 amide bonds. The van der Waals surface area contributed by atoms with Crippen LogP contribution in [0.4, 0.5) is 0 Å². The Balaban J connectivity index is 1.34. The average molecular weight is 589 g/mol. The van der Waals surface area contributed by atoms with Crippen LogP contribution in [0.3, 0.4) is 0 Å². The molecule has 5 rings (SSSR count). The van der Waals surface area contributed by atoms with E-state index in [2.05, 4.69) is 65.8 Å². The smallest absolute Gasteiger partial charge is 0.186 e. The summed E-state index contributed by atoms with van der Waals surface area (Å²) < 4.78 is 18.4. The lowest BCUT2D eigenvalue weighted by atomic mass is 9.50. The summed E-state index contributed by atoms with van der Waals surface area (Å²) >= 11 is 0. The van der Waals surface area contributed by atoms with E-state index in [1.165, 1.54) is 18.4 Å². The molecule has 5 aliphatic rings. The van der Waals surface area contributed by atoms with E-state index in [0.717, 1.165) is 25.7 Å². The van der Waals surface area contributed by atoms with Crippen molar-refractivity contribution < 1.29 is 34.6 Å². The van der Waals surface area contributed by atoms with Gasteiger partial charge in [0.1, 0.15) is 24.4 Å². The maximum absolute atomic E-state index is 10.6. The highest BCUT2D eigenvalue weighted by Gasteiger charge is 2.61. The van der Waals surface area contributed by atoms with Gasteiger partial charge < -0.3 is 34.6 Å². The minimum Gasteiger partial charge on any atom is -0.394 e. The minimum atomic E-state index is -1.44. The first kappa shape index (κ1) is 32.3. The first-order chi connectivity index (χ1) is 19.8. The summed E-state index contributed by atoms with van der Waals surface area (Å²) in [6.45, 7) is 13.8. The van der Waals surface area contributed by atoms with Crippen LogP contribution in [0.5, 0.6) is 0 Å². The highest BCUT2D eigenvalue weighted by atomic mass is 16.7. The molecule has 0 aromatic heterocycles.